The number of nitro groups is 1. The molecule has 0 saturated heterocycles. The third kappa shape index (κ3) is 4.38. The molecule has 1 aromatic heterocycles. The summed E-state index contributed by atoms with van der Waals surface area (Å²) in [7, 11) is 1.23. The van der Waals surface area contributed by atoms with Crippen LogP contribution in [0.1, 0.15) is 24.3 Å². The maximum Gasteiger partial charge on any atom is 0.356 e. The number of rotatable bonds is 8. The molecule has 0 saturated carbocycles. The first-order chi connectivity index (χ1) is 10.0. The Kier molecular flexibility index (Phi) is 6.54. The molecular formula is C13H19N3O5. The molecule has 0 spiro atoms. The third-order valence-electron chi connectivity index (χ3n) is 2.84. The molecule has 0 aliphatic carbocycles. The molecule has 0 unspecified atom stereocenters. The van der Waals surface area contributed by atoms with Crippen molar-refractivity contribution in [3.05, 3.63) is 27.9 Å². The molecule has 8 heteroatoms. The lowest BCUT2D eigenvalue weighted by Gasteiger charge is -2.21. The highest BCUT2D eigenvalue weighted by Gasteiger charge is 2.23. The van der Waals surface area contributed by atoms with Crippen LogP contribution in [-0.4, -0.2) is 49.3 Å². The number of nitrogens with zero attached hydrogens (tertiary/aromatic N) is 3. The average Bonchev–Trinajstić information content (AvgIpc) is 2.50. The van der Waals surface area contributed by atoms with E-state index in [0.29, 0.717) is 26.3 Å². The lowest BCUT2D eigenvalue weighted by molar-refractivity contribution is -0.384. The fourth-order valence-corrected chi connectivity index (χ4v) is 1.77. The second-order valence-corrected chi connectivity index (χ2v) is 4.06. The summed E-state index contributed by atoms with van der Waals surface area (Å²) in [6.45, 7) is 5.66. The van der Waals surface area contributed by atoms with Crippen LogP contribution in [0.25, 0.3) is 0 Å². The van der Waals surface area contributed by atoms with Gasteiger partial charge in [0.2, 0.25) is 5.82 Å². The Hall–Kier alpha value is -2.22. The van der Waals surface area contributed by atoms with Gasteiger partial charge in [-0.25, -0.2) is 9.78 Å². The van der Waals surface area contributed by atoms with E-state index in [2.05, 4.69) is 9.72 Å². The van der Waals surface area contributed by atoms with Crippen LogP contribution in [0.2, 0.25) is 0 Å². The van der Waals surface area contributed by atoms with Crippen molar-refractivity contribution in [2.45, 2.75) is 13.8 Å². The number of ether oxygens (including phenoxy) is 2. The van der Waals surface area contributed by atoms with Gasteiger partial charge in [-0.3, -0.25) is 10.1 Å². The summed E-state index contributed by atoms with van der Waals surface area (Å²) >= 11 is 0. The van der Waals surface area contributed by atoms with Gasteiger partial charge in [0.05, 0.1) is 18.6 Å². The van der Waals surface area contributed by atoms with Gasteiger partial charge >= 0.3 is 11.7 Å². The minimum atomic E-state index is -0.632. The Morgan fingerprint density at radius 1 is 1.43 bits per heavy atom. The zero-order valence-corrected chi connectivity index (χ0v) is 12.4. The molecule has 0 aliphatic rings. The highest BCUT2D eigenvalue weighted by molar-refractivity contribution is 5.88. The van der Waals surface area contributed by atoms with Crippen LogP contribution in [0.4, 0.5) is 11.5 Å². The molecule has 0 aliphatic heterocycles. The second-order valence-electron chi connectivity index (χ2n) is 4.06. The maximum atomic E-state index is 11.5. The van der Waals surface area contributed by atoms with E-state index in [4.69, 9.17) is 4.74 Å². The van der Waals surface area contributed by atoms with E-state index in [9.17, 15) is 14.9 Å². The number of esters is 1. The number of pyridine rings is 1. The minimum absolute atomic E-state index is 0.0351. The van der Waals surface area contributed by atoms with E-state index in [1.54, 1.807) is 4.90 Å². The summed E-state index contributed by atoms with van der Waals surface area (Å²) in [6.07, 6.45) is 0. The van der Waals surface area contributed by atoms with Crippen LogP contribution in [0, 0.1) is 10.1 Å². The van der Waals surface area contributed by atoms with Gasteiger partial charge < -0.3 is 14.4 Å². The predicted molar refractivity (Wildman–Crippen MR) is 76.6 cm³/mol. The van der Waals surface area contributed by atoms with Crippen molar-refractivity contribution in [2.75, 3.05) is 38.3 Å². The highest BCUT2D eigenvalue weighted by atomic mass is 16.6. The van der Waals surface area contributed by atoms with Crippen molar-refractivity contribution >= 4 is 17.5 Å². The van der Waals surface area contributed by atoms with Crippen molar-refractivity contribution in [2.24, 2.45) is 0 Å². The number of aromatic nitrogens is 1. The standard InChI is InChI=1S/C13H19N3O5/c1-4-15(8-9-21-5-2)12-11(16(18)19)7-6-10(14-12)13(17)20-3/h6-7H,4-5,8-9H2,1-3H3. The summed E-state index contributed by atoms with van der Waals surface area (Å²) in [5.41, 5.74) is -0.117. The Balaban J connectivity index is 3.14. The highest BCUT2D eigenvalue weighted by Crippen LogP contribution is 2.26. The van der Waals surface area contributed by atoms with Gasteiger partial charge in [-0.2, -0.15) is 0 Å². The first-order valence-electron chi connectivity index (χ1n) is 6.61. The van der Waals surface area contributed by atoms with E-state index in [0.717, 1.165) is 0 Å². The molecule has 1 heterocycles. The molecule has 8 nitrogen and oxygen atoms in total. The second kappa shape index (κ2) is 8.15. The molecule has 116 valence electrons. The predicted octanol–water partition coefficient (Wildman–Crippen LogP) is 1.64. The number of carbonyl (C=O) groups is 1. The van der Waals surface area contributed by atoms with Crippen LogP contribution in [0.5, 0.6) is 0 Å². The molecule has 1 aromatic rings. The van der Waals surface area contributed by atoms with Gasteiger partial charge in [-0.05, 0) is 19.9 Å². The smallest absolute Gasteiger partial charge is 0.356 e. The zero-order valence-electron chi connectivity index (χ0n) is 12.4. The Bertz CT molecular complexity index is 507. The van der Waals surface area contributed by atoms with Crippen LogP contribution in [0.15, 0.2) is 12.1 Å². The topological polar surface area (TPSA) is 94.8 Å². The molecule has 1 rings (SSSR count). The van der Waals surface area contributed by atoms with Crippen molar-refractivity contribution in [3.8, 4) is 0 Å². The SMILES string of the molecule is CCOCCN(CC)c1nc(C(=O)OC)ccc1[N+](=O)[O-]. The van der Waals surface area contributed by atoms with Gasteiger partial charge in [-0.1, -0.05) is 0 Å². The van der Waals surface area contributed by atoms with Crippen molar-refractivity contribution in [1.29, 1.82) is 0 Å². The van der Waals surface area contributed by atoms with Crippen molar-refractivity contribution in [3.63, 3.8) is 0 Å². The summed E-state index contributed by atoms with van der Waals surface area (Å²) in [6, 6.07) is 2.54. The monoisotopic (exact) mass is 297 g/mol. The van der Waals surface area contributed by atoms with E-state index in [1.807, 2.05) is 13.8 Å². The molecule has 0 atom stereocenters. The van der Waals surface area contributed by atoms with E-state index >= 15 is 0 Å². The van der Waals surface area contributed by atoms with Gasteiger partial charge in [0.15, 0.2) is 5.69 Å². The lowest BCUT2D eigenvalue weighted by atomic mass is 10.3. The quantitative estimate of drug-likeness (QED) is 0.311. The van der Waals surface area contributed by atoms with Gasteiger partial charge in [-0.15, -0.1) is 0 Å². The largest absolute Gasteiger partial charge is 0.464 e. The van der Waals surface area contributed by atoms with E-state index in [-0.39, 0.29) is 17.2 Å². The molecule has 0 fully saturated rings. The normalized spacial score (nSPS) is 10.2. The van der Waals surface area contributed by atoms with Crippen LogP contribution in [0.3, 0.4) is 0 Å². The first-order valence-corrected chi connectivity index (χ1v) is 6.61. The molecule has 21 heavy (non-hydrogen) atoms. The molecule has 0 amide bonds. The number of anilines is 1. The van der Waals surface area contributed by atoms with Crippen LogP contribution in [-0.2, 0) is 9.47 Å². The number of methoxy groups -OCH3 is 1. The van der Waals surface area contributed by atoms with Gasteiger partial charge in [0, 0.05) is 25.8 Å². The molecule has 0 bridgehead atoms. The van der Waals surface area contributed by atoms with E-state index < -0.39 is 10.9 Å². The summed E-state index contributed by atoms with van der Waals surface area (Å²) < 4.78 is 9.84. The zero-order chi connectivity index (χ0) is 15.8. The van der Waals surface area contributed by atoms with Gasteiger partial charge in [0.25, 0.3) is 0 Å². The number of hydrogen-bond donors (Lipinski definition) is 0. The fourth-order valence-electron chi connectivity index (χ4n) is 1.77. The Morgan fingerprint density at radius 3 is 2.67 bits per heavy atom. The number of hydrogen-bond acceptors (Lipinski definition) is 7. The Morgan fingerprint density at radius 2 is 2.14 bits per heavy atom. The van der Waals surface area contributed by atoms with Crippen molar-refractivity contribution < 1.29 is 19.2 Å². The van der Waals surface area contributed by atoms with E-state index in [1.165, 1.54) is 19.2 Å². The van der Waals surface area contributed by atoms with Gasteiger partial charge in [0.1, 0.15) is 0 Å². The first kappa shape index (κ1) is 16.8. The van der Waals surface area contributed by atoms with Crippen molar-refractivity contribution in [1.82, 2.24) is 4.98 Å². The summed E-state index contributed by atoms with van der Waals surface area (Å²) in [4.78, 5) is 27.9. The number of carbonyl (C=O) groups excluding carboxylic acids is 1. The fraction of sp³-hybridized carbons (Fsp3) is 0.538. The molecule has 0 aromatic carbocycles. The summed E-state index contributed by atoms with van der Waals surface area (Å²) in [5, 5.41) is 11.1. The average molecular weight is 297 g/mol. The molecular weight excluding hydrogens is 278 g/mol. The number of likely N-dealkylation sites (N-methyl/N-ethyl adjacent to an activating group) is 1. The molecule has 0 radical (unpaired) electrons. The minimum Gasteiger partial charge on any atom is -0.464 e. The van der Waals surface area contributed by atoms with Crippen LogP contribution >= 0.6 is 0 Å². The maximum absolute atomic E-state index is 11.5. The third-order valence-corrected chi connectivity index (χ3v) is 2.84. The van der Waals surface area contributed by atoms with Crippen LogP contribution < -0.4 is 4.90 Å². The summed E-state index contributed by atoms with van der Waals surface area (Å²) in [5.74, 6) is -0.489. The molecule has 0 N–H and O–H groups in total. The lowest BCUT2D eigenvalue weighted by Crippen LogP contribution is -2.29. The Labute approximate surface area is 122 Å².